The lowest BCUT2D eigenvalue weighted by Gasteiger charge is -2.36. The lowest BCUT2D eigenvalue weighted by atomic mass is 10.00. The summed E-state index contributed by atoms with van der Waals surface area (Å²) in [6.45, 7) is 1.05. The van der Waals surface area contributed by atoms with Gasteiger partial charge in [-0.2, -0.15) is 4.98 Å². The molecule has 4 heterocycles. The molecule has 1 saturated heterocycles. The van der Waals surface area contributed by atoms with E-state index in [1.165, 1.54) is 4.68 Å². The first kappa shape index (κ1) is 12.7. The zero-order valence-corrected chi connectivity index (χ0v) is 11.7. The van der Waals surface area contributed by atoms with Gasteiger partial charge in [0.1, 0.15) is 0 Å². The van der Waals surface area contributed by atoms with Crippen molar-refractivity contribution in [2.75, 3.05) is 13.1 Å². The molecule has 0 saturated carbocycles. The van der Waals surface area contributed by atoms with Crippen molar-refractivity contribution < 1.29 is 13.7 Å². The van der Waals surface area contributed by atoms with Crippen LogP contribution in [0.1, 0.15) is 22.3 Å². The Bertz CT molecular complexity index is 799. The molecule has 22 heavy (non-hydrogen) atoms. The van der Waals surface area contributed by atoms with Gasteiger partial charge in [0.2, 0.25) is 11.7 Å². The molecule has 0 N–H and O–H groups in total. The van der Waals surface area contributed by atoms with E-state index in [1.54, 1.807) is 36.5 Å². The third-order valence-corrected chi connectivity index (χ3v) is 3.52. The van der Waals surface area contributed by atoms with E-state index in [2.05, 4.69) is 20.5 Å². The Hall–Kier alpha value is -2.97. The van der Waals surface area contributed by atoms with Crippen LogP contribution in [0.25, 0.3) is 11.6 Å². The third kappa shape index (κ3) is 2.07. The second kappa shape index (κ2) is 4.79. The molecule has 1 fully saturated rings. The number of rotatable bonds is 3. The van der Waals surface area contributed by atoms with Gasteiger partial charge in [0, 0.05) is 20.1 Å². The highest BCUT2D eigenvalue weighted by molar-refractivity contribution is 5.92. The van der Waals surface area contributed by atoms with Gasteiger partial charge in [0.05, 0.1) is 18.4 Å². The van der Waals surface area contributed by atoms with Gasteiger partial charge in [-0.3, -0.25) is 9.48 Å². The van der Waals surface area contributed by atoms with E-state index in [0.29, 0.717) is 36.3 Å². The Morgan fingerprint density at radius 3 is 2.95 bits per heavy atom. The molecule has 9 nitrogen and oxygen atoms in total. The van der Waals surface area contributed by atoms with Crippen LogP contribution in [-0.4, -0.2) is 49.0 Å². The minimum Gasteiger partial charge on any atom is -0.461 e. The summed E-state index contributed by atoms with van der Waals surface area (Å²) in [7, 11) is 1.72. The van der Waals surface area contributed by atoms with E-state index in [-0.39, 0.29) is 11.8 Å². The summed E-state index contributed by atoms with van der Waals surface area (Å²) in [6, 6.07) is 3.52. The van der Waals surface area contributed by atoms with Gasteiger partial charge in [-0.25, -0.2) is 0 Å². The van der Waals surface area contributed by atoms with Crippen LogP contribution in [-0.2, 0) is 7.05 Å². The van der Waals surface area contributed by atoms with Gasteiger partial charge in [-0.1, -0.05) is 10.4 Å². The van der Waals surface area contributed by atoms with Crippen LogP contribution in [0.5, 0.6) is 0 Å². The highest BCUT2D eigenvalue weighted by Crippen LogP contribution is 2.28. The molecule has 0 bridgehead atoms. The minimum absolute atomic E-state index is 0.0387. The van der Waals surface area contributed by atoms with Gasteiger partial charge in [0.25, 0.3) is 5.91 Å². The largest absolute Gasteiger partial charge is 0.461 e. The van der Waals surface area contributed by atoms with Gasteiger partial charge >= 0.3 is 0 Å². The predicted octanol–water partition coefficient (Wildman–Crippen LogP) is 0.698. The van der Waals surface area contributed by atoms with E-state index >= 15 is 0 Å². The van der Waals surface area contributed by atoms with E-state index < -0.39 is 0 Å². The third-order valence-electron chi connectivity index (χ3n) is 3.52. The molecule has 0 radical (unpaired) electrons. The second-order valence-corrected chi connectivity index (χ2v) is 5.12. The van der Waals surface area contributed by atoms with Gasteiger partial charge in [-0.15, -0.1) is 5.10 Å². The van der Waals surface area contributed by atoms with E-state index in [9.17, 15) is 4.79 Å². The minimum atomic E-state index is -0.143. The summed E-state index contributed by atoms with van der Waals surface area (Å²) in [4.78, 5) is 18.1. The fourth-order valence-corrected chi connectivity index (χ4v) is 2.31. The van der Waals surface area contributed by atoms with Crippen molar-refractivity contribution >= 4 is 5.91 Å². The van der Waals surface area contributed by atoms with E-state index in [0.717, 1.165) is 0 Å². The molecule has 0 unspecified atom stereocenters. The van der Waals surface area contributed by atoms with Gasteiger partial charge in [0.15, 0.2) is 11.5 Å². The zero-order valence-electron chi connectivity index (χ0n) is 11.7. The van der Waals surface area contributed by atoms with Crippen LogP contribution in [0.2, 0.25) is 0 Å². The highest BCUT2D eigenvalue weighted by Gasteiger charge is 2.37. The summed E-state index contributed by atoms with van der Waals surface area (Å²) < 4.78 is 12.0. The number of carbonyl (C=O) groups is 1. The first-order valence-electron chi connectivity index (χ1n) is 6.74. The van der Waals surface area contributed by atoms with Crippen LogP contribution in [0.3, 0.4) is 0 Å². The van der Waals surface area contributed by atoms with Crippen LogP contribution >= 0.6 is 0 Å². The Morgan fingerprint density at radius 2 is 2.27 bits per heavy atom. The molecule has 0 spiro atoms. The summed E-state index contributed by atoms with van der Waals surface area (Å²) in [5.74, 6) is 1.38. The SMILES string of the molecule is Cn1cc(C(=O)N2CC(c3nc(-c4ccco4)no3)C2)nn1. The lowest BCUT2D eigenvalue weighted by Crippen LogP contribution is -2.48. The number of furan rings is 1. The molecular weight excluding hydrogens is 288 g/mol. The first-order chi connectivity index (χ1) is 10.7. The van der Waals surface area contributed by atoms with Crippen LogP contribution < -0.4 is 0 Å². The van der Waals surface area contributed by atoms with Crippen molar-refractivity contribution in [3.8, 4) is 11.6 Å². The highest BCUT2D eigenvalue weighted by atomic mass is 16.5. The van der Waals surface area contributed by atoms with Gasteiger partial charge < -0.3 is 13.8 Å². The normalized spacial score (nSPS) is 15.0. The number of aryl methyl sites for hydroxylation is 1. The summed E-state index contributed by atoms with van der Waals surface area (Å²) in [6.07, 6.45) is 3.15. The molecule has 1 aliphatic heterocycles. The lowest BCUT2D eigenvalue weighted by molar-refractivity contribution is 0.0563. The molecule has 4 rings (SSSR count). The molecule has 1 amide bonds. The van der Waals surface area contributed by atoms with Crippen molar-refractivity contribution in [1.29, 1.82) is 0 Å². The van der Waals surface area contributed by atoms with E-state index in [1.807, 2.05) is 0 Å². The number of aromatic nitrogens is 5. The topological polar surface area (TPSA) is 103 Å². The Morgan fingerprint density at radius 1 is 1.41 bits per heavy atom. The van der Waals surface area contributed by atoms with Gasteiger partial charge in [-0.05, 0) is 12.1 Å². The fourth-order valence-electron chi connectivity index (χ4n) is 2.31. The molecule has 0 aromatic carbocycles. The van der Waals surface area contributed by atoms with Crippen molar-refractivity contribution in [2.24, 2.45) is 7.05 Å². The van der Waals surface area contributed by atoms with Crippen molar-refractivity contribution in [3.63, 3.8) is 0 Å². The maximum absolute atomic E-state index is 12.1. The van der Waals surface area contributed by atoms with Crippen molar-refractivity contribution in [1.82, 2.24) is 30.0 Å². The maximum Gasteiger partial charge on any atom is 0.276 e. The average Bonchev–Trinajstić information content (AvgIpc) is 3.17. The monoisotopic (exact) mass is 300 g/mol. The molecular formula is C13H12N6O3. The summed E-state index contributed by atoms with van der Waals surface area (Å²) in [5, 5.41) is 11.5. The van der Waals surface area contributed by atoms with Crippen molar-refractivity contribution in [3.05, 3.63) is 36.2 Å². The zero-order chi connectivity index (χ0) is 15.1. The molecule has 0 atom stereocenters. The maximum atomic E-state index is 12.1. The van der Waals surface area contributed by atoms with E-state index in [4.69, 9.17) is 8.94 Å². The molecule has 0 aliphatic carbocycles. The number of hydrogen-bond donors (Lipinski definition) is 0. The average molecular weight is 300 g/mol. The summed E-state index contributed by atoms with van der Waals surface area (Å²) >= 11 is 0. The first-order valence-corrected chi connectivity index (χ1v) is 6.74. The second-order valence-electron chi connectivity index (χ2n) is 5.12. The number of nitrogens with zero attached hydrogens (tertiary/aromatic N) is 6. The number of carbonyl (C=O) groups excluding carboxylic acids is 1. The molecule has 1 aliphatic rings. The van der Waals surface area contributed by atoms with Crippen molar-refractivity contribution in [2.45, 2.75) is 5.92 Å². The molecule has 3 aromatic heterocycles. The standard InChI is InChI=1S/C13H12N6O3/c1-18-7-9(15-17-18)13(20)19-5-8(6-19)12-14-11(16-22-12)10-3-2-4-21-10/h2-4,7-8H,5-6H2,1H3. The molecule has 9 heteroatoms. The smallest absolute Gasteiger partial charge is 0.276 e. The Labute approximate surface area is 124 Å². The molecule has 112 valence electrons. The molecule has 3 aromatic rings. The fraction of sp³-hybridized carbons (Fsp3) is 0.308. The number of hydrogen-bond acceptors (Lipinski definition) is 7. The van der Waals surface area contributed by atoms with Crippen LogP contribution in [0.15, 0.2) is 33.5 Å². The number of likely N-dealkylation sites (tertiary alicyclic amines) is 1. The summed E-state index contributed by atoms with van der Waals surface area (Å²) in [5.41, 5.74) is 0.336. The quantitative estimate of drug-likeness (QED) is 0.701. The number of amides is 1. The van der Waals surface area contributed by atoms with Crippen LogP contribution in [0.4, 0.5) is 0 Å². The predicted molar refractivity (Wildman–Crippen MR) is 71.6 cm³/mol. The Balaban J connectivity index is 1.42. The van der Waals surface area contributed by atoms with Crippen LogP contribution in [0, 0.1) is 0 Å². The Kier molecular flexibility index (Phi) is 2.78.